The molecule has 0 aliphatic carbocycles. The van der Waals surface area contributed by atoms with Crippen LogP contribution in [-0.2, 0) is 65.4 Å². The number of esters is 4. The van der Waals surface area contributed by atoms with Crippen LogP contribution >= 0.6 is 15.6 Å². The molecule has 0 saturated heterocycles. The van der Waals surface area contributed by atoms with Crippen LogP contribution in [-0.4, -0.2) is 96.7 Å². The van der Waals surface area contributed by atoms with Gasteiger partial charge in [0.25, 0.3) is 0 Å². The average molecular weight is 1360 g/mol. The highest BCUT2D eigenvalue weighted by molar-refractivity contribution is 7.47. The highest BCUT2D eigenvalue weighted by Gasteiger charge is 2.30. The normalized spacial score (nSPS) is 14.3. The molecule has 0 heterocycles. The highest BCUT2D eigenvalue weighted by Crippen LogP contribution is 2.45. The number of unbranched alkanes of at least 4 members (excludes halogenated alkanes) is 35. The van der Waals surface area contributed by atoms with Gasteiger partial charge in [-0.25, -0.2) is 9.13 Å². The maximum Gasteiger partial charge on any atom is 0.472 e. The molecule has 3 unspecified atom stereocenters. The Balaban J connectivity index is 5.27. The lowest BCUT2D eigenvalue weighted by Gasteiger charge is -2.21. The first-order chi connectivity index (χ1) is 44.7. The maximum absolute atomic E-state index is 13.0. The van der Waals surface area contributed by atoms with Gasteiger partial charge in [0, 0.05) is 25.7 Å². The number of hydrogen-bond donors (Lipinski definition) is 3. The zero-order chi connectivity index (χ0) is 68.7. The van der Waals surface area contributed by atoms with Crippen LogP contribution in [0.3, 0.4) is 0 Å². The Morgan fingerprint density at radius 3 is 0.871 bits per heavy atom. The molecule has 3 N–H and O–H groups in total. The monoisotopic (exact) mass is 1360 g/mol. The summed E-state index contributed by atoms with van der Waals surface area (Å²) >= 11 is 0. The molecule has 0 saturated carbocycles. The summed E-state index contributed by atoms with van der Waals surface area (Å²) in [6.07, 6.45) is 52.3. The third kappa shape index (κ3) is 67.9. The van der Waals surface area contributed by atoms with Crippen LogP contribution in [0.15, 0.2) is 24.3 Å². The number of carbonyl (C=O) groups is 4. The molecule has 0 aliphatic heterocycles. The third-order valence-corrected chi connectivity index (χ3v) is 18.4. The van der Waals surface area contributed by atoms with Crippen molar-refractivity contribution >= 4 is 39.5 Å². The number of hydrogen-bond acceptors (Lipinski definition) is 15. The molecule has 0 fully saturated rings. The minimum Gasteiger partial charge on any atom is -0.462 e. The van der Waals surface area contributed by atoms with Gasteiger partial charge in [-0.2, -0.15) is 0 Å². The maximum atomic E-state index is 13.0. The molecule has 17 nitrogen and oxygen atoms in total. The summed E-state index contributed by atoms with van der Waals surface area (Å²) in [4.78, 5) is 72.7. The standard InChI is InChI=1S/C74H140O17P2/c1-8-9-10-11-12-13-14-15-16-20-23-26-35-43-50-57-73(78)90-69(61-84-71(76)55-48-41-34-29-28-32-39-46-53-66(4)5)63-88-92(80,81)86-59-68(75)60-87-93(82,83)89-64-70(62-85-72(77)56-49-42-37-30-33-40-47-54-67(6)7)91-74(79)58-51-44-36-27-24-21-18-17-19-22-25-31-38-45-52-65(2)3/h13-16,65-70,75H,8-12,17-64H2,1-7H3,(H,80,81)(H,82,83)/b14-13-,16-15-/t68?,69-,70-/m1/s1. The molecule has 0 aromatic rings. The van der Waals surface area contributed by atoms with Crippen LogP contribution < -0.4 is 0 Å². The van der Waals surface area contributed by atoms with Crippen molar-refractivity contribution in [3.05, 3.63) is 24.3 Å². The van der Waals surface area contributed by atoms with Crippen LogP contribution in [0.5, 0.6) is 0 Å². The van der Waals surface area contributed by atoms with Gasteiger partial charge in [0.1, 0.15) is 19.3 Å². The molecule has 93 heavy (non-hydrogen) atoms. The van der Waals surface area contributed by atoms with E-state index in [1.54, 1.807) is 0 Å². The van der Waals surface area contributed by atoms with Crippen LogP contribution in [0.4, 0.5) is 0 Å². The van der Waals surface area contributed by atoms with Crippen molar-refractivity contribution in [3.63, 3.8) is 0 Å². The number of allylic oxidation sites excluding steroid dienone is 4. The first kappa shape index (κ1) is 90.5. The van der Waals surface area contributed by atoms with Gasteiger partial charge in [0.05, 0.1) is 26.4 Å². The topological polar surface area (TPSA) is 237 Å². The quantitative estimate of drug-likeness (QED) is 0.0169. The lowest BCUT2D eigenvalue weighted by molar-refractivity contribution is -0.161. The van der Waals surface area contributed by atoms with Crippen molar-refractivity contribution in [1.29, 1.82) is 0 Å². The van der Waals surface area contributed by atoms with E-state index in [9.17, 15) is 43.2 Å². The van der Waals surface area contributed by atoms with Gasteiger partial charge in [-0.3, -0.25) is 37.3 Å². The Bertz CT molecular complexity index is 1910. The predicted molar refractivity (Wildman–Crippen MR) is 377 cm³/mol. The van der Waals surface area contributed by atoms with Gasteiger partial charge in [0.2, 0.25) is 0 Å². The van der Waals surface area contributed by atoms with Gasteiger partial charge in [-0.15, -0.1) is 0 Å². The fraction of sp³-hybridized carbons (Fsp3) is 0.892. The van der Waals surface area contributed by atoms with Crippen LogP contribution in [0, 0.1) is 17.8 Å². The number of carbonyl (C=O) groups excluding carboxylic acids is 4. The Morgan fingerprint density at radius 2 is 0.581 bits per heavy atom. The summed E-state index contributed by atoms with van der Waals surface area (Å²) in [6.45, 7) is 11.7. The molecule has 0 aromatic heterocycles. The van der Waals surface area contributed by atoms with Crippen LogP contribution in [0.25, 0.3) is 0 Å². The van der Waals surface area contributed by atoms with E-state index in [0.29, 0.717) is 31.6 Å². The number of phosphoric acid groups is 2. The van der Waals surface area contributed by atoms with E-state index < -0.39 is 97.5 Å². The summed E-state index contributed by atoms with van der Waals surface area (Å²) < 4.78 is 68.4. The zero-order valence-corrected chi connectivity index (χ0v) is 62.0. The number of aliphatic hydroxyl groups excluding tert-OH is 1. The van der Waals surface area contributed by atoms with Gasteiger partial charge in [0.15, 0.2) is 12.2 Å². The van der Waals surface area contributed by atoms with E-state index in [1.807, 2.05) is 0 Å². The predicted octanol–water partition coefficient (Wildman–Crippen LogP) is 21.0. The van der Waals surface area contributed by atoms with Crippen molar-refractivity contribution in [2.24, 2.45) is 17.8 Å². The number of ether oxygens (including phenoxy) is 4. The van der Waals surface area contributed by atoms with Gasteiger partial charge < -0.3 is 33.8 Å². The molecule has 19 heteroatoms. The second kappa shape index (κ2) is 64.2. The van der Waals surface area contributed by atoms with Gasteiger partial charge in [-0.1, -0.05) is 297 Å². The summed E-state index contributed by atoms with van der Waals surface area (Å²) in [5.41, 5.74) is 0. The Labute approximate surface area is 567 Å². The van der Waals surface area contributed by atoms with Crippen molar-refractivity contribution in [3.8, 4) is 0 Å². The molecule has 0 aliphatic rings. The summed E-state index contributed by atoms with van der Waals surface area (Å²) in [6, 6.07) is 0. The van der Waals surface area contributed by atoms with Crippen molar-refractivity contribution < 1.29 is 80.2 Å². The van der Waals surface area contributed by atoms with Crippen LogP contribution in [0.1, 0.15) is 350 Å². The highest BCUT2D eigenvalue weighted by atomic mass is 31.2. The van der Waals surface area contributed by atoms with E-state index >= 15 is 0 Å². The Kier molecular flexibility index (Phi) is 62.5. The third-order valence-electron chi connectivity index (χ3n) is 16.5. The summed E-state index contributed by atoms with van der Waals surface area (Å²) in [7, 11) is -9.92. The minimum atomic E-state index is -4.96. The largest absolute Gasteiger partial charge is 0.472 e. The van der Waals surface area contributed by atoms with Crippen LogP contribution in [0.2, 0.25) is 0 Å². The fourth-order valence-electron chi connectivity index (χ4n) is 10.7. The molecule has 0 bridgehead atoms. The minimum absolute atomic E-state index is 0.0841. The average Bonchev–Trinajstić information content (AvgIpc) is 2.40. The van der Waals surface area contributed by atoms with Crippen molar-refractivity contribution in [2.45, 2.75) is 369 Å². The van der Waals surface area contributed by atoms with E-state index in [-0.39, 0.29) is 25.7 Å². The summed E-state index contributed by atoms with van der Waals surface area (Å²) in [5, 5.41) is 10.6. The molecule has 548 valence electrons. The van der Waals surface area contributed by atoms with E-state index in [2.05, 4.69) is 72.8 Å². The molecule has 0 aromatic carbocycles. The van der Waals surface area contributed by atoms with E-state index in [1.165, 1.54) is 135 Å². The molecule has 0 amide bonds. The number of aliphatic hydroxyl groups is 1. The SMILES string of the molecule is CCCCCC/C=C\C=C/CCCCCCCC(=O)O[C@H](COC(=O)CCCCCCCCCCC(C)C)COP(=O)(O)OCC(O)COP(=O)(O)OC[C@@H](COC(=O)CCCCCCCCCC(C)C)OC(=O)CCCCCCCCCCCCCCCCC(C)C. The molecule has 0 radical (unpaired) electrons. The van der Waals surface area contributed by atoms with Crippen molar-refractivity contribution in [2.75, 3.05) is 39.6 Å². The first-order valence-corrected chi connectivity index (χ1v) is 40.7. The zero-order valence-electron chi connectivity index (χ0n) is 60.2. The van der Waals surface area contributed by atoms with Gasteiger partial charge in [-0.05, 0) is 69.1 Å². The second-order valence-corrected chi connectivity index (χ2v) is 30.3. The summed E-state index contributed by atoms with van der Waals surface area (Å²) in [5.74, 6) is 0.0673. The number of phosphoric ester groups is 2. The molecular weight excluding hydrogens is 1220 g/mol. The lowest BCUT2D eigenvalue weighted by atomic mass is 10.0. The van der Waals surface area contributed by atoms with E-state index in [4.69, 9.17) is 37.0 Å². The molecule has 5 atom stereocenters. The van der Waals surface area contributed by atoms with Gasteiger partial charge >= 0.3 is 39.5 Å². The Hall–Kier alpha value is -2.46. The van der Waals surface area contributed by atoms with Crippen molar-refractivity contribution in [1.82, 2.24) is 0 Å². The fourth-order valence-corrected chi connectivity index (χ4v) is 12.3. The number of rotatable bonds is 70. The first-order valence-electron chi connectivity index (χ1n) is 37.7. The molecular formula is C74H140O17P2. The lowest BCUT2D eigenvalue weighted by Crippen LogP contribution is -2.30. The molecule has 0 spiro atoms. The molecule has 0 rings (SSSR count). The second-order valence-electron chi connectivity index (χ2n) is 27.4. The van der Waals surface area contributed by atoms with E-state index in [0.717, 1.165) is 127 Å². The smallest absolute Gasteiger partial charge is 0.462 e. The Morgan fingerprint density at radius 1 is 0.333 bits per heavy atom.